The van der Waals surface area contributed by atoms with E-state index in [0.29, 0.717) is 5.56 Å². The van der Waals surface area contributed by atoms with Crippen LogP contribution in [0.2, 0.25) is 0 Å². The monoisotopic (exact) mass is 626 g/mol. The lowest BCUT2D eigenvalue weighted by atomic mass is 9.98. The average Bonchev–Trinajstić information content (AvgIpc) is 3.40. The number of cyclic esters (lactones) is 1. The Hall–Kier alpha value is -5.71. The third-order valence-corrected chi connectivity index (χ3v) is 7.27. The maximum Gasteiger partial charge on any atom is 0.339 e. The fourth-order valence-electron chi connectivity index (χ4n) is 5.06. The summed E-state index contributed by atoms with van der Waals surface area (Å²) in [6.07, 6.45) is -7.10. The number of ether oxygens (including phenoxy) is 4. The number of esters is 3. The molecule has 16 heteroatoms. The Morgan fingerprint density at radius 3 is 2.04 bits per heavy atom. The van der Waals surface area contributed by atoms with Gasteiger partial charge in [0.25, 0.3) is 0 Å². The van der Waals surface area contributed by atoms with Gasteiger partial charge < -0.3 is 64.2 Å². The van der Waals surface area contributed by atoms with Gasteiger partial charge in [-0.1, -0.05) is 6.07 Å². The van der Waals surface area contributed by atoms with Gasteiger partial charge in [-0.15, -0.1) is 0 Å². The first-order valence-corrected chi connectivity index (χ1v) is 13.0. The van der Waals surface area contributed by atoms with E-state index in [1.807, 2.05) is 0 Å². The molecule has 0 spiro atoms. The predicted molar refractivity (Wildman–Crippen MR) is 145 cm³/mol. The van der Waals surface area contributed by atoms with E-state index < -0.39 is 106 Å². The second-order valence-electron chi connectivity index (χ2n) is 10.1. The molecular formula is C29H22O16. The molecule has 2 aliphatic heterocycles. The third-order valence-electron chi connectivity index (χ3n) is 7.27. The van der Waals surface area contributed by atoms with Gasteiger partial charge in [0, 0.05) is 16.8 Å². The molecular weight excluding hydrogens is 604 g/mol. The highest BCUT2D eigenvalue weighted by Crippen LogP contribution is 2.48. The summed E-state index contributed by atoms with van der Waals surface area (Å²) in [5.41, 5.74) is -1.77. The minimum atomic E-state index is -2.00. The molecule has 4 aromatic rings. The molecule has 0 aliphatic carbocycles. The van der Waals surface area contributed by atoms with E-state index in [-0.39, 0.29) is 16.5 Å². The van der Waals surface area contributed by atoms with Crippen LogP contribution in [0.3, 0.4) is 0 Å². The van der Waals surface area contributed by atoms with Gasteiger partial charge in [-0.2, -0.15) is 0 Å². The van der Waals surface area contributed by atoms with E-state index in [9.17, 15) is 55.2 Å². The summed E-state index contributed by atoms with van der Waals surface area (Å²) in [4.78, 5) is 39.2. The van der Waals surface area contributed by atoms with Crippen molar-refractivity contribution in [3.8, 4) is 34.5 Å². The van der Waals surface area contributed by atoms with Crippen molar-refractivity contribution in [3.05, 3.63) is 53.1 Å². The summed E-state index contributed by atoms with van der Waals surface area (Å²) >= 11 is 0. The van der Waals surface area contributed by atoms with E-state index >= 15 is 0 Å². The summed E-state index contributed by atoms with van der Waals surface area (Å²) < 4.78 is 26.8. The van der Waals surface area contributed by atoms with Crippen molar-refractivity contribution in [1.29, 1.82) is 0 Å². The molecule has 2 aliphatic rings. The first-order chi connectivity index (χ1) is 21.3. The summed E-state index contributed by atoms with van der Waals surface area (Å²) in [5.74, 6) is -7.78. The molecule has 6 rings (SSSR count). The second kappa shape index (κ2) is 10.8. The molecule has 0 radical (unpaired) electrons. The molecule has 1 fully saturated rings. The Morgan fingerprint density at radius 1 is 0.800 bits per heavy atom. The van der Waals surface area contributed by atoms with E-state index in [2.05, 4.69) is 0 Å². The fourth-order valence-corrected chi connectivity index (χ4v) is 5.06. The molecule has 8 N–H and O–H groups in total. The summed E-state index contributed by atoms with van der Waals surface area (Å²) in [5, 5.41) is 81.4. The number of phenolic OH excluding ortho intramolecular Hbond substituents is 6. The zero-order valence-electron chi connectivity index (χ0n) is 22.5. The number of rotatable bonds is 3. The number of aromatic hydroxyl groups is 6. The van der Waals surface area contributed by atoms with Crippen LogP contribution in [0, 0.1) is 0 Å². The Bertz CT molecular complexity index is 1920. The number of furan rings is 1. The molecule has 3 aromatic carbocycles. The third kappa shape index (κ3) is 4.92. The first kappa shape index (κ1) is 29.4. The number of benzene rings is 3. The lowest BCUT2D eigenvalue weighted by Crippen LogP contribution is -2.61. The minimum absolute atomic E-state index is 0.291. The number of carbonyl (C=O) groups excluding carboxylic acids is 3. The molecule has 3 heterocycles. The molecule has 234 valence electrons. The van der Waals surface area contributed by atoms with Gasteiger partial charge in [0.2, 0.25) is 17.8 Å². The molecule has 1 saturated heterocycles. The number of carbonyl (C=O) groups is 3. The minimum Gasteiger partial charge on any atom is -0.504 e. The molecule has 45 heavy (non-hydrogen) atoms. The molecule has 0 bridgehead atoms. The average molecular weight is 626 g/mol. The highest BCUT2D eigenvalue weighted by Gasteiger charge is 2.49. The SMILES string of the molecule is O=C(/C=C/c1ccc(O)c(O)c1)O[C@@H]1O[C@@H]2COC(=O)c3cc(O)c(O)c4oc5c(O)c(O)cc(c5c34)C(=O)O[C@@H]2[C@@H](O)[C@H]1O. The molecule has 5 atom stereocenters. The molecule has 0 unspecified atom stereocenters. The van der Waals surface area contributed by atoms with Crippen molar-refractivity contribution in [2.45, 2.75) is 30.7 Å². The largest absolute Gasteiger partial charge is 0.504 e. The number of hydrogen-bond acceptors (Lipinski definition) is 16. The van der Waals surface area contributed by atoms with Crippen LogP contribution >= 0.6 is 0 Å². The van der Waals surface area contributed by atoms with Crippen LogP contribution < -0.4 is 0 Å². The van der Waals surface area contributed by atoms with Crippen LogP contribution in [-0.4, -0.2) is 96.1 Å². The van der Waals surface area contributed by atoms with Crippen LogP contribution in [0.5, 0.6) is 34.5 Å². The van der Waals surface area contributed by atoms with Gasteiger partial charge in [0.1, 0.15) is 24.9 Å². The normalized spacial score (nSPS) is 23.5. The number of fused-ring (bicyclic) bond motifs is 1. The van der Waals surface area contributed by atoms with Gasteiger partial charge in [-0.05, 0) is 35.9 Å². The van der Waals surface area contributed by atoms with Crippen molar-refractivity contribution in [3.63, 3.8) is 0 Å². The van der Waals surface area contributed by atoms with Crippen molar-refractivity contribution in [2.24, 2.45) is 0 Å². The fraction of sp³-hybridized carbons (Fsp3) is 0.207. The van der Waals surface area contributed by atoms with Crippen molar-refractivity contribution >= 4 is 45.9 Å². The van der Waals surface area contributed by atoms with Crippen molar-refractivity contribution in [1.82, 2.24) is 0 Å². The summed E-state index contributed by atoms with van der Waals surface area (Å²) in [6.45, 7) is -0.770. The quantitative estimate of drug-likeness (QED) is 0.0687. The van der Waals surface area contributed by atoms with E-state index in [1.54, 1.807) is 0 Å². The number of hydrogen-bond donors (Lipinski definition) is 8. The molecule has 0 amide bonds. The van der Waals surface area contributed by atoms with Gasteiger partial charge in [-0.25, -0.2) is 14.4 Å². The maximum absolute atomic E-state index is 13.5. The van der Waals surface area contributed by atoms with Gasteiger partial charge >= 0.3 is 17.9 Å². The van der Waals surface area contributed by atoms with Crippen LogP contribution in [-0.2, 0) is 23.7 Å². The smallest absolute Gasteiger partial charge is 0.339 e. The number of aliphatic hydroxyl groups is 2. The lowest BCUT2D eigenvalue weighted by Gasteiger charge is -2.41. The zero-order valence-corrected chi connectivity index (χ0v) is 22.5. The zero-order chi connectivity index (χ0) is 32.3. The Balaban J connectivity index is 1.34. The van der Waals surface area contributed by atoms with Crippen LogP contribution in [0.15, 0.2) is 40.8 Å². The number of aliphatic hydroxyl groups excluding tert-OH is 2. The van der Waals surface area contributed by atoms with Crippen molar-refractivity contribution < 1.29 is 78.6 Å². The van der Waals surface area contributed by atoms with Gasteiger partial charge in [-0.3, -0.25) is 0 Å². The number of phenols is 6. The Labute approximate surface area is 249 Å². The van der Waals surface area contributed by atoms with E-state index in [4.69, 9.17) is 23.4 Å². The summed E-state index contributed by atoms with van der Waals surface area (Å²) in [7, 11) is 0. The highest BCUT2D eigenvalue weighted by atomic mass is 16.7. The van der Waals surface area contributed by atoms with Crippen molar-refractivity contribution in [2.75, 3.05) is 6.61 Å². The van der Waals surface area contributed by atoms with E-state index in [0.717, 1.165) is 24.3 Å². The summed E-state index contributed by atoms with van der Waals surface area (Å²) in [6, 6.07) is 5.30. The van der Waals surface area contributed by atoms with Crippen LogP contribution in [0.1, 0.15) is 26.3 Å². The van der Waals surface area contributed by atoms with Gasteiger partial charge in [0.05, 0.1) is 11.1 Å². The van der Waals surface area contributed by atoms with Crippen LogP contribution in [0.25, 0.3) is 28.0 Å². The topological polar surface area (TPSA) is 263 Å². The van der Waals surface area contributed by atoms with Gasteiger partial charge in [0.15, 0.2) is 40.3 Å². The molecule has 0 saturated carbocycles. The maximum atomic E-state index is 13.5. The molecule has 16 nitrogen and oxygen atoms in total. The highest BCUT2D eigenvalue weighted by molar-refractivity contribution is 6.23. The Morgan fingerprint density at radius 2 is 1.42 bits per heavy atom. The standard InChI is InChI=1S/C29H22O16/c30-12-3-1-9(5-13(12)31)2-4-17(34)43-29-23(38)22(37)24-16(42-29)8-41-27(39)10-6-14(32)20(35)25-18(10)19-11(28(40)45-24)7-15(33)21(36)26(19)44-25/h1-7,16,22-24,29-33,35-38H,8H2/b4-2+/t16-,22+,23-,24+,29+/m1/s1. The van der Waals surface area contributed by atoms with E-state index in [1.165, 1.54) is 18.2 Å². The molecule has 1 aromatic heterocycles. The second-order valence-corrected chi connectivity index (χ2v) is 10.1. The lowest BCUT2D eigenvalue weighted by molar-refractivity contribution is -0.290. The Kier molecular flexibility index (Phi) is 7.03. The van der Waals surface area contributed by atoms with Crippen LogP contribution in [0.4, 0.5) is 0 Å². The first-order valence-electron chi connectivity index (χ1n) is 13.0. The predicted octanol–water partition coefficient (Wildman–Crippen LogP) is 1.22.